The number of Topliss-reactive ketones (excluding diaryl/α,β-unsaturated/α-hetero) is 1. The zero-order valence-electron chi connectivity index (χ0n) is 17.3. The van der Waals surface area contributed by atoms with E-state index in [0.29, 0.717) is 25.1 Å². The van der Waals surface area contributed by atoms with Crippen molar-refractivity contribution >= 4 is 17.5 Å². The summed E-state index contributed by atoms with van der Waals surface area (Å²) in [6.07, 6.45) is 2.08. The van der Waals surface area contributed by atoms with E-state index in [1.807, 2.05) is 66.4 Å². The average molecular weight is 399 g/mol. The fourth-order valence-corrected chi connectivity index (χ4v) is 3.80. The maximum absolute atomic E-state index is 12.5. The predicted octanol–water partition coefficient (Wildman–Crippen LogP) is 4.66. The number of fused-ring (bicyclic) bond motifs is 1. The number of benzene rings is 2. The van der Waals surface area contributed by atoms with E-state index >= 15 is 0 Å². The van der Waals surface area contributed by atoms with Crippen molar-refractivity contribution in [2.24, 2.45) is 0 Å². The summed E-state index contributed by atoms with van der Waals surface area (Å²) in [5.41, 5.74) is 4.45. The van der Waals surface area contributed by atoms with Crippen LogP contribution in [0, 0.1) is 0 Å². The molecule has 0 saturated carbocycles. The molecule has 1 aliphatic heterocycles. The van der Waals surface area contributed by atoms with Gasteiger partial charge in [0.15, 0.2) is 5.78 Å². The number of pyridine rings is 1. The molecule has 0 fully saturated rings. The highest BCUT2D eigenvalue weighted by Crippen LogP contribution is 2.29. The first-order valence-corrected chi connectivity index (χ1v) is 10.3. The molecule has 1 atom stereocenters. The van der Waals surface area contributed by atoms with Gasteiger partial charge in [-0.15, -0.1) is 0 Å². The number of amides is 1. The van der Waals surface area contributed by atoms with E-state index < -0.39 is 0 Å². The second kappa shape index (κ2) is 8.49. The number of nitrogens with zero attached hydrogens (tertiary/aromatic N) is 2. The minimum absolute atomic E-state index is 0.00643. The largest absolute Gasteiger partial charge is 0.363 e. The summed E-state index contributed by atoms with van der Waals surface area (Å²) in [6.45, 7) is 5.30. The molecule has 1 N–H and O–H groups in total. The monoisotopic (exact) mass is 399 g/mol. The maximum Gasteiger partial charge on any atom is 0.254 e. The van der Waals surface area contributed by atoms with Crippen molar-refractivity contribution in [1.82, 2.24) is 9.88 Å². The highest BCUT2D eigenvalue weighted by atomic mass is 16.2. The Hall–Kier alpha value is -3.47. The second-order valence-electron chi connectivity index (χ2n) is 7.58. The second-order valence-corrected chi connectivity index (χ2v) is 7.58. The van der Waals surface area contributed by atoms with Crippen molar-refractivity contribution in [3.8, 4) is 0 Å². The van der Waals surface area contributed by atoms with Crippen molar-refractivity contribution < 1.29 is 9.59 Å². The third-order valence-electron chi connectivity index (χ3n) is 5.60. The van der Waals surface area contributed by atoms with Crippen molar-refractivity contribution in [3.63, 3.8) is 0 Å². The number of rotatable bonds is 7. The van der Waals surface area contributed by atoms with Crippen LogP contribution in [0.5, 0.6) is 0 Å². The molecule has 2 heterocycles. The van der Waals surface area contributed by atoms with Crippen molar-refractivity contribution in [3.05, 3.63) is 94.7 Å². The molecule has 5 nitrogen and oxygen atoms in total. The average Bonchev–Trinajstić information content (AvgIpc) is 3.11. The molecule has 152 valence electrons. The summed E-state index contributed by atoms with van der Waals surface area (Å²) in [6, 6.07) is 19.3. The smallest absolute Gasteiger partial charge is 0.254 e. The van der Waals surface area contributed by atoms with Crippen molar-refractivity contribution in [2.45, 2.75) is 32.9 Å². The molecule has 0 bridgehead atoms. The van der Waals surface area contributed by atoms with Gasteiger partial charge in [0.25, 0.3) is 5.91 Å². The van der Waals surface area contributed by atoms with Crippen LogP contribution in [0.4, 0.5) is 5.82 Å². The zero-order chi connectivity index (χ0) is 21.1. The molecule has 1 amide bonds. The Morgan fingerprint density at radius 2 is 1.83 bits per heavy atom. The van der Waals surface area contributed by atoms with E-state index in [9.17, 15) is 9.59 Å². The number of aromatic nitrogens is 1. The first-order chi connectivity index (χ1) is 14.6. The molecule has 0 radical (unpaired) electrons. The normalized spacial score (nSPS) is 13.8. The summed E-state index contributed by atoms with van der Waals surface area (Å²) in [5.74, 6) is 0.912. The molecule has 2 aromatic carbocycles. The first-order valence-electron chi connectivity index (χ1n) is 10.3. The molecule has 0 aliphatic carbocycles. The molecular formula is C25H25N3O2. The van der Waals surface area contributed by atoms with E-state index in [-0.39, 0.29) is 17.7 Å². The minimum Gasteiger partial charge on any atom is -0.363 e. The summed E-state index contributed by atoms with van der Waals surface area (Å²) < 4.78 is 0. The van der Waals surface area contributed by atoms with E-state index in [1.54, 1.807) is 12.3 Å². The van der Waals surface area contributed by atoms with Gasteiger partial charge in [-0.1, -0.05) is 54.6 Å². The van der Waals surface area contributed by atoms with Crippen LogP contribution in [0.1, 0.15) is 57.3 Å². The van der Waals surface area contributed by atoms with Gasteiger partial charge in [-0.2, -0.15) is 0 Å². The van der Waals surface area contributed by atoms with Gasteiger partial charge in [0.05, 0.1) is 6.54 Å². The third kappa shape index (κ3) is 3.96. The number of carbonyl (C=O) groups excluding carboxylic acids is 2. The van der Waals surface area contributed by atoms with Crippen molar-refractivity contribution in [1.29, 1.82) is 0 Å². The number of ketones is 1. The van der Waals surface area contributed by atoms with Gasteiger partial charge in [0.1, 0.15) is 5.82 Å². The lowest BCUT2D eigenvalue weighted by molar-refractivity contribution is 0.0787. The number of nitrogens with one attached hydrogen (secondary N) is 1. The van der Waals surface area contributed by atoms with Crippen LogP contribution >= 0.6 is 0 Å². The molecule has 5 heteroatoms. The quantitative estimate of drug-likeness (QED) is 0.587. The fraction of sp³-hybridized carbons (Fsp3) is 0.240. The summed E-state index contributed by atoms with van der Waals surface area (Å²) in [4.78, 5) is 31.2. The molecule has 0 saturated heterocycles. The van der Waals surface area contributed by atoms with Crippen LogP contribution in [0.25, 0.3) is 0 Å². The Morgan fingerprint density at radius 3 is 2.53 bits per heavy atom. The Bertz CT molecular complexity index is 1060. The van der Waals surface area contributed by atoms with E-state index in [1.165, 1.54) is 0 Å². The molecular weight excluding hydrogens is 374 g/mol. The maximum atomic E-state index is 12.5. The van der Waals surface area contributed by atoms with Crippen LogP contribution in [0.3, 0.4) is 0 Å². The van der Waals surface area contributed by atoms with Crippen LogP contribution in [0.15, 0.2) is 66.9 Å². The highest BCUT2D eigenvalue weighted by molar-refractivity contribution is 5.99. The van der Waals surface area contributed by atoms with Crippen LogP contribution in [-0.2, 0) is 13.0 Å². The number of hydrogen-bond donors (Lipinski definition) is 1. The highest BCUT2D eigenvalue weighted by Gasteiger charge is 2.29. The first kappa shape index (κ1) is 19.8. The van der Waals surface area contributed by atoms with Crippen LogP contribution in [0.2, 0.25) is 0 Å². The van der Waals surface area contributed by atoms with E-state index in [4.69, 9.17) is 0 Å². The summed E-state index contributed by atoms with van der Waals surface area (Å²) >= 11 is 0. The van der Waals surface area contributed by atoms with Crippen LogP contribution < -0.4 is 5.32 Å². The van der Waals surface area contributed by atoms with Gasteiger partial charge >= 0.3 is 0 Å². The zero-order valence-corrected chi connectivity index (χ0v) is 17.3. The Labute approximate surface area is 176 Å². The molecule has 30 heavy (non-hydrogen) atoms. The number of hydrogen-bond acceptors (Lipinski definition) is 4. The molecule has 1 aromatic heterocycles. The van der Waals surface area contributed by atoms with Gasteiger partial charge in [-0.25, -0.2) is 4.98 Å². The molecule has 0 spiro atoms. The van der Waals surface area contributed by atoms with Gasteiger partial charge in [0.2, 0.25) is 0 Å². The van der Waals surface area contributed by atoms with Gasteiger partial charge in [0, 0.05) is 41.9 Å². The summed E-state index contributed by atoms with van der Waals surface area (Å²) in [5, 5.41) is 3.44. The Balaban J connectivity index is 1.46. The molecule has 1 aliphatic rings. The number of anilines is 1. The molecule has 3 aromatic rings. The van der Waals surface area contributed by atoms with E-state index in [0.717, 1.165) is 28.1 Å². The topological polar surface area (TPSA) is 62.3 Å². The Morgan fingerprint density at radius 1 is 1.10 bits per heavy atom. The fourth-order valence-electron chi connectivity index (χ4n) is 3.80. The Kier molecular flexibility index (Phi) is 5.61. The lowest BCUT2D eigenvalue weighted by Crippen LogP contribution is -2.22. The van der Waals surface area contributed by atoms with Crippen LogP contribution in [-0.4, -0.2) is 28.1 Å². The minimum atomic E-state index is -0.00643. The molecule has 0 unspecified atom stereocenters. The van der Waals surface area contributed by atoms with Gasteiger partial charge < -0.3 is 10.2 Å². The predicted molar refractivity (Wildman–Crippen MR) is 118 cm³/mol. The standard InChI is InChI=1S/C25H25N3O2/c1-3-28-16-22-21(25(28)30)13-14-26-24(22)27-17(2)19-9-11-20(12-10-19)23(29)15-18-7-5-4-6-8-18/h4-14,17H,3,15-16H2,1-2H3,(H,26,27)/t17-/m0/s1. The lowest BCUT2D eigenvalue weighted by atomic mass is 10.00. The van der Waals surface area contributed by atoms with E-state index in [2.05, 4.69) is 17.2 Å². The van der Waals surface area contributed by atoms with Gasteiger partial charge in [-0.3, -0.25) is 9.59 Å². The summed E-state index contributed by atoms with van der Waals surface area (Å²) in [7, 11) is 0. The third-order valence-corrected chi connectivity index (χ3v) is 5.60. The lowest BCUT2D eigenvalue weighted by Gasteiger charge is -2.17. The van der Waals surface area contributed by atoms with Crippen molar-refractivity contribution in [2.75, 3.05) is 11.9 Å². The SMILES string of the molecule is CCN1Cc2c(ccnc2N[C@@H](C)c2ccc(C(=O)Cc3ccccc3)cc2)C1=O. The number of carbonyl (C=O) groups is 2. The molecule has 4 rings (SSSR count). The van der Waals surface area contributed by atoms with Gasteiger partial charge in [-0.05, 0) is 31.0 Å².